The molecule has 3 fully saturated rings. The molecule has 3 aliphatic heterocycles. The van der Waals surface area contributed by atoms with Crippen LogP contribution in [-0.2, 0) is 16.0 Å². The highest BCUT2D eigenvalue weighted by Gasteiger charge is 2.71. The molecule has 4 aliphatic rings. The van der Waals surface area contributed by atoms with E-state index in [-0.39, 0.29) is 29.0 Å². The number of hydrogen-bond donors (Lipinski definition) is 1. The molecule has 4 atom stereocenters. The summed E-state index contributed by atoms with van der Waals surface area (Å²) < 4.78 is 0. The molecular formula is C22H26N4O5. The largest absolute Gasteiger partial charge is 0.363 e. The molecule has 2 bridgehead atoms. The van der Waals surface area contributed by atoms with Gasteiger partial charge in [-0.1, -0.05) is 20.8 Å². The number of urea groups is 1. The van der Waals surface area contributed by atoms with Crippen LogP contribution in [0, 0.1) is 26.4 Å². The van der Waals surface area contributed by atoms with Gasteiger partial charge in [0.2, 0.25) is 11.8 Å². The van der Waals surface area contributed by atoms with E-state index in [0.29, 0.717) is 5.56 Å². The van der Waals surface area contributed by atoms with Crippen molar-refractivity contribution in [2.24, 2.45) is 16.2 Å². The first-order chi connectivity index (χ1) is 14.4. The minimum Gasteiger partial charge on any atom is -0.363 e. The fraction of sp³-hybridized carbons (Fsp3) is 0.591. The number of non-ortho nitro benzene ring substituents is 1. The summed E-state index contributed by atoms with van der Waals surface area (Å²) in [5.41, 5.74) is -0.422. The lowest BCUT2D eigenvalue weighted by atomic mass is 9.56. The van der Waals surface area contributed by atoms with Crippen molar-refractivity contribution < 1.29 is 19.3 Å². The molecule has 1 N–H and O–H groups in total. The number of nitro benzene ring substituents is 1. The molecule has 0 aromatic heterocycles. The Hall–Kier alpha value is -2.97. The number of nitrogens with zero attached hydrogens (tertiary/aromatic N) is 3. The fourth-order valence-corrected chi connectivity index (χ4v) is 7.26. The highest BCUT2D eigenvalue weighted by molar-refractivity contribution is 6.20. The van der Waals surface area contributed by atoms with Crippen LogP contribution in [-0.4, -0.2) is 46.8 Å². The summed E-state index contributed by atoms with van der Waals surface area (Å²) in [6.07, 6.45) is 2.61. The van der Waals surface area contributed by atoms with Crippen LogP contribution in [0.15, 0.2) is 18.2 Å². The number of barbiturate groups is 1. The van der Waals surface area contributed by atoms with Crippen molar-refractivity contribution in [3.8, 4) is 0 Å². The lowest BCUT2D eigenvalue weighted by Crippen LogP contribution is -2.72. The van der Waals surface area contributed by atoms with E-state index in [2.05, 4.69) is 31.0 Å². The van der Waals surface area contributed by atoms with Crippen molar-refractivity contribution in [3.63, 3.8) is 0 Å². The van der Waals surface area contributed by atoms with E-state index in [0.717, 1.165) is 29.8 Å². The van der Waals surface area contributed by atoms with Crippen LogP contribution in [0.3, 0.4) is 0 Å². The summed E-state index contributed by atoms with van der Waals surface area (Å²) in [5.74, 6) is -1.13. The predicted octanol–water partition coefficient (Wildman–Crippen LogP) is 2.62. The van der Waals surface area contributed by atoms with Gasteiger partial charge in [-0.15, -0.1) is 0 Å². The molecule has 0 radical (unpaired) electrons. The number of fused-ring (bicyclic) bond motifs is 8. The number of imide groups is 2. The molecule has 1 aromatic carbocycles. The van der Waals surface area contributed by atoms with Crippen LogP contribution in [0.5, 0.6) is 0 Å². The molecule has 31 heavy (non-hydrogen) atoms. The summed E-state index contributed by atoms with van der Waals surface area (Å²) >= 11 is 0. The first-order valence-corrected chi connectivity index (χ1v) is 10.6. The summed E-state index contributed by atoms with van der Waals surface area (Å²) in [6.45, 7) is 6.55. The molecule has 4 amide bonds. The SMILES string of the molecule is CN1C(=O)NC(=O)[C@@]2(Cc3cc([N+](=O)[O-])ccc3N3[C@@H]4CC(C)(C)C[C@](C)(C4)[C@H]32)C1=O. The van der Waals surface area contributed by atoms with Gasteiger partial charge in [-0.25, -0.2) is 4.79 Å². The number of carbonyl (C=O) groups is 3. The van der Waals surface area contributed by atoms with Crippen LogP contribution in [0.1, 0.15) is 45.6 Å². The van der Waals surface area contributed by atoms with Crippen molar-refractivity contribution in [2.75, 3.05) is 11.9 Å². The van der Waals surface area contributed by atoms with Gasteiger partial charge in [-0.3, -0.25) is 29.9 Å². The highest BCUT2D eigenvalue weighted by atomic mass is 16.6. The van der Waals surface area contributed by atoms with Gasteiger partial charge in [0.1, 0.15) is 0 Å². The van der Waals surface area contributed by atoms with Crippen molar-refractivity contribution in [1.29, 1.82) is 0 Å². The maximum absolute atomic E-state index is 13.7. The zero-order valence-electron chi connectivity index (χ0n) is 18.1. The van der Waals surface area contributed by atoms with E-state index in [1.807, 2.05) is 0 Å². The van der Waals surface area contributed by atoms with Gasteiger partial charge < -0.3 is 4.90 Å². The lowest BCUT2D eigenvalue weighted by molar-refractivity contribution is -0.384. The number of rotatable bonds is 1. The van der Waals surface area contributed by atoms with Crippen molar-refractivity contribution in [1.82, 2.24) is 10.2 Å². The second kappa shape index (κ2) is 5.83. The minimum absolute atomic E-state index is 0.0209. The summed E-state index contributed by atoms with van der Waals surface area (Å²) in [6, 6.07) is 3.67. The second-order valence-corrected chi connectivity index (χ2v) is 10.7. The number of anilines is 1. The molecular weight excluding hydrogens is 400 g/mol. The Balaban J connectivity index is 1.78. The van der Waals surface area contributed by atoms with Crippen molar-refractivity contribution >= 4 is 29.2 Å². The quantitative estimate of drug-likeness (QED) is 0.420. The summed E-state index contributed by atoms with van der Waals surface area (Å²) in [5, 5.41) is 13.8. The molecule has 0 unspecified atom stereocenters. The molecule has 5 rings (SSSR count). The molecule has 3 heterocycles. The second-order valence-electron chi connectivity index (χ2n) is 10.7. The normalized spacial score (nSPS) is 35.7. The molecule has 1 spiro atoms. The third kappa shape index (κ3) is 2.46. The lowest BCUT2D eigenvalue weighted by Gasteiger charge is -2.53. The summed E-state index contributed by atoms with van der Waals surface area (Å²) in [7, 11) is 1.38. The fourth-order valence-electron chi connectivity index (χ4n) is 7.26. The maximum Gasteiger partial charge on any atom is 0.330 e. The van der Waals surface area contributed by atoms with Gasteiger partial charge in [0, 0.05) is 37.3 Å². The molecule has 2 saturated heterocycles. The number of nitrogens with one attached hydrogen (secondary N) is 1. The molecule has 1 saturated carbocycles. The van der Waals surface area contributed by atoms with Crippen LogP contribution >= 0.6 is 0 Å². The predicted molar refractivity (Wildman–Crippen MR) is 111 cm³/mol. The van der Waals surface area contributed by atoms with Crippen LogP contribution in [0.25, 0.3) is 0 Å². The van der Waals surface area contributed by atoms with Gasteiger partial charge in [-0.05, 0) is 41.7 Å². The maximum atomic E-state index is 13.7. The van der Waals surface area contributed by atoms with Crippen molar-refractivity contribution in [3.05, 3.63) is 33.9 Å². The monoisotopic (exact) mass is 426 g/mol. The molecule has 1 aliphatic carbocycles. The van der Waals surface area contributed by atoms with Gasteiger partial charge in [0.25, 0.3) is 5.69 Å². The average Bonchev–Trinajstić information content (AvgIpc) is 2.90. The minimum atomic E-state index is -1.51. The Labute approximate surface area is 179 Å². The number of carbonyl (C=O) groups excluding carboxylic acids is 3. The third-order valence-corrected chi connectivity index (χ3v) is 7.81. The molecule has 9 heteroatoms. The van der Waals surface area contributed by atoms with Crippen LogP contribution < -0.4 is 10.2 Å². The molecule has 1 aromatic rings. The van der Waals surface area contributed by atoms with Crippen molar-refractivity contribution in [2.45, 2.75) is 58.5 Å². The average molecular weight is 426 g/mol. The van der Waals surface area contributed by atoms with E-state index in [9.17, 15) is 24.5 Å². The topological polar surface area (TPSA) is 113 Å². The standard InChI is InChI=1S/C22H26N4O5/c1-20(2)9-14-10-21(3,11-20)16-22(17(27)23-19(29)24(4)18(22)28)8-12-7-13(26(30)31)5-6-15(12)25(14)16/h5-7,14,16H,8-11H2,1-4H3,(H,23,27,29)/t14-,16+,21+,22+/m1/s1. The Morgan fingerprint density at radius 2 is 1.87 bits per heavy atom. The number of amides is 4. The molecule has 9 nitrogen and oxygen atoms in total. The van der Waals surface area contributed by atoms with E-state index in [4.69, 9.17) is 0 Å². The highest BCUT2D eigenvalue weighted by Crippen LogP contribution is 2.64. The van der Waals surface area contributed by atoms with Gasteiger partial charge in [0.15, 0.2) is 5.41 Å². The Kier molecular flexibility index (Phi) is 3.76. The number of benzene rings is 1. The van der Waals surface area contributed by atoms with Crippen LogP contribution in [0.2, 0.25) is 0 Å². The van der Waals surface area contributed by atoms with E-state index in [1.165, 1.54) is 19.2 Å². The zero-order valence-corrected chi connectivity index (χ0v) is 18.1. The van der Waals surface area contributed by atoms with Gasteiger partial charge in [0.05, 0.1) is 11.0 Å². The van der Waals surface area contributed by atoms with E-state index in [1.54, 1.807) is 6.07 Å². The van der Waals surface area contributed by atoms with Gasteiger partial charge in [-0.2, -0.15) is 0 Å². The van der Waals surface area contributed by atoms with E-state index >= 15 is 0 Å². The number of nitro groups is 1. The first kappa shape index (κ1) is 20.0. The third-order valence-electron chi connectivity index (χ3n) is 7.81. The van der Waals surface area contributed by atoms with Crippen LogP contribution in [0.4, 0.5) is 16.2 Å². The zero-order chi connectivity index (χ0) is 22.5. The van der Waals surface area contributed by atoms with E-state index < -0.39 is 34.2 Å². The molecule has 164 valence electrons. The summed E-state index contributed by atoms with van der Waals surface area (Å²) in [4.78, 5) is 53.4. The first-order valence-electron chi connectivity index (χ1n) is 10.6. The number of hydrogen-bond acceptors (Lipinski definition) is 6. The smallest absolute Gasteiger partial charge is 0.330 e. The van der Waals surface area contributed by atoms with Gasteiger partial charge >= 0.3 is 6.03 Å². The Morgan fingerprint density at radius 3 is 2.55 bits per heavy atom. The Bertz CT molecular complexity index is 1070. The Morgan fingerprint density at radius 1 is 1.16 bits per heavy atom.